The molecule has 1 atom stereocenters. The van der Waals surface area contributed by atoms with Crippen LogP contribution in [0.15, 0.2) is 30.6 Å². The van der Waals surface area contributed by atoms with Gasteiger partial charge in [-0.1, -0.05) is 45.0 Å². The third-order valence-electron chi connectivity index (χ3n) is 3.74. The maximum atomic E-state index is 12.4. The Morgan fingerprint density at radius 2 is 1.88 bits per heavy atom. The van der Waals surface area contributed by atoms with E-state index in [-0.39, 0.29) is 17.6 Å². The van der Waals surface area contributed by atoms with Crippen LogP contribution in [0.5, 0.6) is 0 Å². The summed E-state index contributed by atoms with van der Waals surface area (Å²) in [6.45, 7) is 7.93. The van der Waals surface area contributed by atoms with Gasteiger partial charge in [-0.2, -0.15) is 5.10 Å². The minimum Gasteiger partial charge on any atom is -0.454 e. The van der Waals surface area contributed by atoms with E-state index < -0.39 is 12.1 Å². The van der Waals surface area contributed by atoms with E-state index in [9.17, 15) is 9.59 Å². The minimum atomic E-state index is -0.812. The second-order valence-corrected chi connectivity index (χ2v) is 6.76. The number of H-pyrrole nitrogens is 1. The molecule has 0 saturated heterocycles. The topological polar surface area (TPSA) is 84.9 Å². The number of carbonyl (C=O) groups is 2. The number of esters is 1. The Hall–Kier alpha value is -2.50. The molecule has 0 spiro atoms. The third-order valence-corrected chi connectivity index (χ3v) is 3.74. The Balaban J connectivity index is 1.90. The fraction of sp³-hybridized carbons (Fsp3) is 0.444. The van der Waals surface area contributed by atoms with Gasteiger partial charge in [-0.05, 0) is 17.9 Å². The first-order chi connectivity index (χ1) is 11.3. The van der Waals surface area contributed by atoms with E-state index in [2.05, 4.69) is 36.0 Å². The lowest BCUT2D eigenvalue weighted by Gasteiger charge is -2.19. The van der Waals surface area contributed by atoms with E-state index in [4.69, 9.17) is 4.74 Å². The monoisotopic (exact) mass is 329 g/mol. The Bertz CT molecular complexity index is 685. The van der Waals surface area contributed by atoms with Crippen molar-refractivity contribution in [2.24, 2.45) is 0 Å². The summed E-state index contributed by atoms with van der Waals surface area (Å²) in [7, 11) is 0. The number of Topliss-reactive ketones (excluding diaryl/α,β-unsaturated/α-hetero) is 1. The summed E-state index contributed by atoms with van der Waals surface area (Å²) in [6.07, 6.45) is 1.12. The number of nitrogens with zero attached hydrogens (tertiary/aromatic N) is 2. The van der Waals surface area contributed by atoms with Gasteiger partial charge in [0.1, 0.15) is 12.2 Å². The van der Waals surface area contributed by atoms with E-state index in [1.165, 1.54) is 6.33 Å². The lowest BCUT2D eigenvalue weighted by molar-refractivity contribution is -0.146. The summed E-state index contributed by atoms with van der Waals surface area (Å²) in [5.41, 5.74) is 1.72. The first-order valence-electron chi connectivity index (χ1n) is 7.96. The zero-order chi connectivity index (χ0) is 17.7. The van der Waals surface area contributed by atoms with E-state index in [1.807, 2.05) is 12.1 Å². The standard InChI is InChI=1S/C18H23N3O3/c1-12(24-16(22)10-9-15-19-11-20-21-15)17(23)13-5-7-14(8-6-13)18(2,3)4/h5-8,11-12H,9-10H2,1-4H3,(H,19,20,21). The molecule has 0 saturated carbocycles. The molecule has 0 fully saturated rings. The van der Waals surface area contributed by atoms with Gasteiger partial charge in [0, 0.05) is 12.0 Å². The molecule has 0 radical (unpaired) electrons. The summed E-state index contributed by atoms with van der Waals surface area (Å²) < 4.78 is 5.21. The van der Waals surface area contributed by atoms with Gasteiger partial charge in [0.25, 0.3) is 0 Å². The molecule has 2 rings (SSSR count). The zero-order valence-corrected chi connectivity index (χ0v) is 14.5. The van der Waals surface area contributed by atoms with Gasteiger partial charge in [0.05, 0.1) is 6.42 Å². The number of benzene rings is 1. The molecule has 1 aromatic heterocycles. The third kappa shape index (κ3) is 4.75. The molecule has 6 heteroatoms. The average Bonchev–Trinajstić information content (AvgIpc) is 3.05. The lowest BCUT2D eigenvalue weighted by atomic mass is 9.86. The van der Waals surface area contributed by atoms with Gasteiger partial charge in [0.15, 0.2) is 6.10 Å². The first-order valence-corrected chi connectivity index (χ1v) is 7.96. The molecular weight excluding hydrogens is 306 g/mol. The number of aryl methyl sites for hydroxylation is 1. The van der Waals surface area contributed by atoms with Crippen LogP contribution in [0.3, 0.4) is 0 Å². The second-order valence-electron chi connectivity index (χ2n) is 6.76. The number of carbonyl (C=O) groups excluding carboxylic acids is 2. The van der Waals surface area contributed by atoms with Crippen molar-refractivity contribution in [1.82, 2.24) is 15.2 Å². The smallest absolute Gasteiger partial charge is 0.306 e. The lowest BCUT2D eigenvalue weighted by Crippen LogP contribution is -2.24. The van der Waals surface area contributed by atoms with Crippen LogP contribution in [0.1, 0.15) is 55.9 Å². The molecular formula is C18H23N3O3. The summed E-state index contributed by atoms with van der Waals surface area (Å²) in [5.74, 6) is -0.0225. The van der Waals surface area contributed by atoms with Crippen LogP contribution in [0.2, 0.25) is 0 Å². The number of hydrogen-bond donors (Lipinski definition) is 1. The SMILES string of the molecule is CC(OC(=O)CCc1ncn[nH]1)C(=O)c1ccc(C(C)(C)C)cc1. The largest absolute Gasteiger partial charge is 0.454 e. The maximum absolute atomic E-state index is 12.4. The van der Waals surface area contributed by atoms with Crippen LogP contribution in [0, 0.1) is 0 Å². The number of ether oxygens (including phenoxy) is 1. The van der Waals surface area contributed by atoms with Crippen LogP contribution in [-0.4, -0.2) is 33.0 Å². The highest BCUT2D eigenvalue weighted by Crippen LogP contribution is 2.22. The van der Waals surface area contributed by atoms with Gasteiger partial charge >= 0.3 is 5.97 Å². The molecule has 24 heavy (non-hydrogen) atoms. The van der Waals surface area contributed by atoms with Crippen molar-refractivity contribution in [1.29, 1.82) is 0 Å². The van der Waals surface area contributed by atoms with Gasteiger partial charge in [-0.3, -0.25) is 14.7 Å². The average molecular weight is 329 g/mol. The Labute approximate surface area is 141 Å². The number of nitrogens with one attached hydrogen (secondary N) is 1. The van der Waals surface area contributed by atoms with Crippen LogP contribution < -0.4 is 0 Å². The van der Waals surface area contributed by atoms with Crippen molar-refractivity contribution < 1.29 is 14.3 Å². The number of aromatic nitrogens is 3. The molecule has 2 aromatic rings. The molecule has 0 aliphatic heterocycles. The maximum Gasteiger partial charge on any atom is 0.306 e. The second kappa shape index (κ2) is 7.38. The molecule has 1 N–H and O–H groups in total. The van der Waals surface area contributed by atoms with Gasteiger partial charge in [0.2, 0.25) is 5.78 Å². The van der Waals surface area contributed by atoms with Crippen LogP contribution in [-0.2, 0) is 21.4 Å². The number of rotatable bonds is 6. The predicted molar refractivity (Wildman–Crippen MR) is 89.7 cm³/mol. The first kappa shape index (κ1) is 17.8. The number of ketones is 1. The van der Waals surface area contributed by atoms with Crippen molar-refractivity contribution in [2.75, 3.05) is 0 Å². The van der Waals surface area contributed by atoms with Crippen LogP contribution in [0.4, 0.5) is 0 Å². The number of aromatic amines is 1. The summed E-state index contributed by atoms with van der Waals surface area (Å²) >= 11 is 0. The highest BCUT2D eigenvalue weighted by molar-refractivity contribution is 6.00. The van der Waals surface area contributed by atoms with E-state index in [0.717, 1.165) is 5.56 Å². The Kier molecular flexibility index (Phi) is 5.49. The van der Waals surface area contributed by atoms with E-state index in [0.29, 0.717) is 17.8 Å². The minimum absolute atomic E-state index is 0.0281. The van der Waals surface area contributed by atoms with Crippen LogP contribution >= 0.6 is 0 Å². The normalized spacial score (nSPS) is 12.7. The van der Waals surface area contributed by atoms with E-state index >= 15 is 0 Å². The highest BCUT2D eigenvalue weighted by atomic mass is 16.5. The van der Waals surface area contributed by atoms with Crippen molar-refractivity contribution in [3.05, 3.63) is 47.5 Å². The predicted octanol–water partition coefficient (Wildman–Crippen LogP) is 2.85. The molecule has 1 unspecified atom stereocenters. The molecule has 128 valence electrons. The van der Waals surface area contributed by atoms with Gasteiger partial charge < -0.3 is 4.74 Å². The van der Waals surface area contributed by atoms with Crippen molar-refractivity contribution in [3.8, 4) is 0 Å². The molecule has 6 nitrogen and oxygen atoms in total. The molecule has 1 heterocycles. The summed E-state index contributed by atoms with van der Waals surface area (Å²) in [6, 6.07) is 7.43. The molecule has 0 amide bonds. The molecule has 0 bridgehead atoms. The van der Waals surface area contributed by atoms with Crippen LogP contribution in [0.25, 0.3) is 0 Å². The van der Waals surface area contributed by atoms with Gasteiger partial charge in [-0.15, -0.1) is 0 Å². The Morgan fingerprint density at radius 3 is 2.42 bits per heavy atom. The quantitative estimate of drug-likeness (QED) is 0.650. The van der Waals surface area contributed by atoms with E-state index in [1.54, 1.807) is 19.1 Å². The summed E-state index contributed by atoms with van der Waals surface area (Å²) in [5, 5.41) is 6.39. The Morgan fingerprint density at radius 1 is 1.21 bits per heavy atom. The fourth-order valence-electron chi connectivity index (χ4n) is 2.25. The molecule has 1 aromatic carbocycles. The van der Waals surface area contributed by atoms with Crippen molar-refractivity contribution in [2.45, 2.75) is 52.1 Å². The summed E-state index contributed by atoms with van der Waals surface area (Å²) in [4.78, 5) is 28.1. The zero-order valence-electron chi connectivity index (χ0n) is 14.5. The highest BCUT2D eigenvalue weighted by Gasteiger charge is 2.20. The fourth-order valence-corrected chi connectivity index (χ4v) is 2.25. The van der Waals surface area contributed by atoms with Crippen molar-refractivity contribution >= 4 is 11.8 Å². The van der Waals surface area contributed by atoms with Crippen molar-refractivity contribution in [3.63, 3.8) is 0 Å². The van der Waals surface area contributed by atoms with Gasteiger partial charge in [-0.25, -0.2) is 4.98 Å². The molecule has 0 aliphatic rings. The number of hydrogen-bond acceptors (Lipinski definition) is 5. The molecule has 0 aliphatic carbocycles.